The van der Waals surface area contributed by atoms with Gasteiger partial charge in [0, 0.05) is 0 Å². The third-order valence-electron chi connectivity index (χ3n) is 2.03. The van der Waals surface area contributed by atoms with Gasteiger partial charge in [-0.15, -0.1) is 0 Å². The minimum Gasteiger partial charge on any atom is -0.452 e. The van der Waals surface area contributed by atoms with Crippen LogP contribution in [-0.4, -0.2) is 0 Å². The Balaban J connectivity index is 2.10. The zero-order valence-electron chi connectivity index (χ0n) is 8.14. The Morgan fingerprint density at radius 3 is 2.38 bits per heavy atom. The van der Waals surface area contributed by atoms with Gasteiger partial charge in [0.15, 0.2) is 4.67 Å². The summed E-state index contributed by atoms with van der Waals surface area (Å²) in [6.45, 7) is 0.226. The molecule has 0 aliphatic rings. The van der Waals surface area contributed by atoms with E-state index < -0.39 is 11.6 Å². The van der Waals surface area contributed by atoms with E-state index in [1.807, 2.05) is 0 Å². The molecule has 1 aromatic carbocycles. The maximum atomic E-state index is 13.2. The third kappa shape index (κ3) is 2.41. The molecule has 0 fully saturated rings. The van der Waals surface area contributed by atoms with Crippen molar-refractivity contribution in [2.24, 2.45) is 0 Å². The van der Waals surface area contributed by atoms with Crippen LogP contribution in [-0.2, 0) is 6.54 Å². The second-order valence-electron chi connectivity index (χ2n) is 3.16. The van der Waals surface area contributed by atoms with Gasteiger partial charge in [-0.25, -0.2) is 8.78 Å². The van der Waals surface area contributed by atoms with Crippen LogP contribution in [0.4, 0.5) is 14.5 Å². The SMILES string of the molecule is Fc1cccc(F)c1NCc1ccc(Br)o1. The van der Waals surface area contributed by atoms with E-state index in [4.69, 9.17) is 4.42 Å². The van der Waals surface area contributed by atoms with Gasteiger partial charge < -0.3 is 9.73 Å². The predicted molar refractivity (Wildman–Crippen MR) is 60.1 cm³/mol. The fourth-order valence-electron chi connectivity index (χ4n) is 1.29. The molecule has 1 heterocycles. The second-order valence-corrected chi connectivity index (χ2v) is 3.94. The number of para-hydroxylation sites is 1. The van der Waals surface area contributed by atoms with Crippen LogP contribution in [0.25, 0.3) is 0 Å². The molecule has 5 heteroatoms. The third-order valence-corrected chi connectivity index (χ3v) is 2.46. The number of hydrogen-bond donors (Lipinski definition) is 1. The summed E-state index contributed by atoms with van der Waals surface area (Å²) in [5, 5.41) is 2.65. The summed E-state index contributed by atoms with van der Waals surface area (Å²) in [6.07, 6.45) is 0. The first-order valence-electron chi connectivity index (χ1n) is 4.59. The van der Waals surface area contributed by atoms with Crippen molar-refractivity contribution in [3.8, 4) is 0 Å². The van der Waals surface area contributed by atoms with Crippen LogP contribution < -0.4 is 5.32 Å². The van der Waals surface area contributed by atoms with Crippen molar-refractivity contribution in [2.75, 3.05) is 5.32 Å². The molecule has 2 nitrogen and oxygen atoms in total. The molecule has 2 aromatic rings. The van der Waals surface area contributed by atoms with E-state index in [1.54, 1.807) is 12.1 Å². The average molecular weight is 288 g/mol. The van der Waals surface area contributed by atoms with Crippen molar-refractivity contribution >= 4 is 21.6 Å². The van der Waals surface area contributed by atoms with E-state index in [0.29, 0.717) is 10.4 Å². The van der Waals surface area contributed by atoms with Crippen molar-refractivity contribution in [2.45, 2.75) is 6.54 Å². The van der Waals surface area contributed by atoms with E-state index in [0.717, 1.165) is 0 Å². The van der Waals surface area contributed by atoms with Gasteiger partial charge in [-0.1, -0.05) is 6.07 Å². The first kappa shape index (κ1) is 11.1. The Morgan fingerprint density at radius 1 is 1.12 bits per heavy atom. The molecule has 0 aliphatic carbocycles. The second kappa shape index (κ2) is 4.65. The molecule has 0 unspecified atom stereocenters. The number of halogens is 3. The quantitative estimate of drug-likeness (QED) is 0.925. The summed E-state index contributed by atoms with van der Waals surface area (Å²) >= 11 is 3.14. The van der Waals surface area contributed by atoms with Crippen LogP contribution in [0, 0.1) is 11.6 Å². The van der Waals surface area contributed by atoms with E-state index >= 15 is 0 Å². The van der Waals surface area contributed by atoms with Crippen LogP contribution in [0.2, 0.25) is 0 Å². The molecule has 0 aliphatic heterocycles. The lowest BCUT2D eigenvalue weighted by Crippen LogP contribution is -2.02. The average Bonchev–Trinajstić information content (AvgIpc) is 2.63. The molecular weight excluding hydrogens is 280 g/mol. The molecular formula is C11H8BrF2NO. The maximum absolute atomic E-state index is 13.2. The van der Waals surface area contributed by atoms with Gasteiger partial charge in [-0.05, 0) is 40.2 Å². The fraction of sp³-hybridized carbons (Fsp3) is 0.0909. The zero-order chi connectivity index (χ0) is 11.5. The molecule has 84 valence electrons. The number of hydrogen-bond acceptors (Lipinski definition) is 2. The first-order chi connectivity index (χ1) is 7.66. The minimum absolute atomic E-state index is 0.143. The van der Waals surface area contributed by atoms with Crippen molar-refractivity contribution in [1.82, 2.24) is 0 Å². The highest BCUT2D eigenvalue weighted by atomic mass is 79.9. The molecule has 1 aromatic heterocycles. The Kier molecular flexibility index (Phi) is 3.24. The summed E-state index contributed by atoms with van der Waals surface area (Å²) < 4.78 is 32.2. The summed E-state index contributed by atoms with van der Waals surface area (Å²) in [5.41, 5.74) is -0.143. The highest BCUT2D eigenvalue weighted by molar-refractivity contribution is 9.10. The van der Waals surface area contributed by atoms with Crippen LogP contribution >= 0.6 is 15.9 Å². The highest BCUT2D eigenvalue weighted by Gasteiger charge is 2.08. The topological polar surface area (TPSA) is 25.2 Å². The molecule has 16 heavy (non-hydrogen) atoms. The Morgan fingerprint density at radius 2 is 1.81 bits per heavy atom. The van der Waals surface area contributed by atoms with Crippen molar-refractivity contribution in [3.63, 3.8) is 0 Å². The van der Waals surface area contributed by atoms with Gasteiger partial charge in [0.05, 0.1) is 6.54 Å². The van der Waals surface area contributed by atoms with Crippen LogP contribution in [0.15, 0.2) is 39.4 Å². The minimum atomic E-state index is -0.620. The predicted octanol–water partition coefficient (Wildman–Crippen LogP) is 3.93. The van der Waals surface area contributed by atoms with E-state index in [9.17, 15) is 8.78 Å². The molecule has 2 rings (SSSR count). The molecule has 0 amide bonds. The summed E-state index contributed by atoms with van der Waals surface area (Å²) in [5.74, 6) is -0.647. The number of nitrogens with one attached hydrogen (secondary N) is 1. The Hall–Kier alpha value is -1.36. The van der Waals surface area contributed by atoms with Gasteiger partial charge in [0.1, 0.15) is 23.1 Å². The van der Waals surface area contributed by atoms with Gasteiger partial charge in [-0.3, -0.25) is 0 Å². The van der Waals surface area contributed by atoms with Crippen molar-refractivity contribution < 1.29 is 13.2 Å². The summed E-state index contributed by atoms with van der Waals surface area (Å²) in [7, 11) is 0. The normalized spacial score (nSPS) is 10.4. The largest absolute Gasteiger partial charge is 0.452 e. The lowest BCUT2D eigenvalue weighted by atomic mass is 10.3. The lowest BCUT2D eigenvalue weighted by molar-refractivity contribution is 0.494. The van der Waals surface area contributed by atoms with E-state index in [-0.39, 0.29) is 12.2 Å². The monoisotopic (exact) mass is 287 g/mol. The first-order valence-corrected chi connectivity index (χ1v) is 5.38. The zero-order valence-corrected chi connectivity index (χ0v) is 9.72. The number of benzene rings is 1. The van der Waals surface area contributed by atoms with Gasteiger partial charge in [0.2, 0.25) is 0 Å². The number of rotatable bonds is 3. The van der Waals surface area contributed by atoms with Gasteiger partial charge in [0.25, 0.3) is 0 Å². The summed E-state index contributed by atoms with van der Waals surface area (Å²) in [4.78, 5) is 0. The standard InChI is InChI=1S/C11H8BrF2NO/c12-10-5-4-7(16-10)6-15-11-8(13)2-1-3-9(11)14/h1-5,15H,6H2. The Labute approximate surface area is 99.4 Å². The van der Waals surface area contributed by atoms with E-state index in [2.05, 4.69) is 21.2 Å². The Bertz CT molecular complexity index is 478. The van der Waals surface area contributed by atoms with Crippen molar-refractivity contribution in [3.05, 3.63) is 52.4 Å². The smallest absolute Gasteiger partial charge is 0.169 e. The van der Waals surface area contributed by atoms with Crippen molar-refractivity contribution in [1.29, 1.82) is 0 Å². The molecule has 1 N–H and O–H groups in total. The molecule has 0 radical (unpaired) electrons. The van der Waals surface area contributed by atoms with Crippen LogP contribution in [0.5, 0.6) is 0 Å². The number of furan rings is 1. The number of anilines is 1. The maximum Gasteiger partial charge on any atom is 0.169 e. The van der Waals surface area contributed by atoms with Gasteiger partial charge >= 0.3 is 0 Å². The van der Waals surface area contributed by atoms with Crippen LogP contribution in [0.1, 0.15) is 5.76 Å². The van der Waals surface area contributed by atoms with Gasteiger partial charge in [-0.2, -0.15) is 0 Å². The highest BCUT2D eigenvalue weighted by Crippen LogP contribution is 2.20. The lowest BCUT2D eigenvalue weighted by Gasteiger charge is -2.06. The van der Waals surface area contributed by atoms with Crippen LogP contribution in [0.3, 0.4) is 0 Å². The summed E-state index contributed by atoms with van der Waals surface area (Å²) in [6, 6.07) is 7.15. The molecule has 0 atom stereocenters. The van der Waals surface area contributed by atoms with E-state index in [1.165, 1.54) is 18.2 Å². The molecule has 0 bridgehead atoms. The molecule has 0 saturated heterocycles. The molecule has 0 saturated carbocycles. The fourth-order valence-corrected chi connectivity index (χ4v) is 1.63. The molecule has 0 spiro atoms.